The molecular weight excluding hydrogens is 254 g/mol. The lowest BCUT2D eigenvalue weighted by atomic mass is 10.2. The first-order valence-electron chi connectivity index (χ1n) is 6.79. The number of nitrogens with zero attached hydrogens (tertiary/aromatic N) is 1. The van der Waals surface area contributed by atoms with E-state index >= 15 is 0 Å². The standard InChI is InChI=1S/C15H21N3O2/c1-11-15(12(2)20-18-11)10-19-14-6-4-13(5-7-14)17-9-3-8-16/h4-7,17H,3,8-10,16H2,1-2H3. The fourth-order valence-electron chi connectivity index (χ4n) is 1.87. The number of anilines is 1. The average Bonchev–Trinajstić information content (AvgIpc) is 2.78. The summed E-state index contributed by atoms with van der Waals surface area (Å²) in [6.45, 7) is 5.87. The van der Waals surface area contributed by atoms with E-state index in [1.54, 1.807) is 0 Å². The summed E-state index contributed by atoms with van der Waals surface area (Å²) in [6.07, 6.45) is 0.963. The van der Waals surface area contributed by atoms with Crippen molar-refractivity contribution in [2.24, 2.45) is 5.73 Å². The van der Waals surface area contributed by atoms with E-state index in [1.165, 1.54) is 0 Å². The second-order valence-corrected chi connectivity index (χ2v) is 4.68. The number of aromatic nitrogens is 1. The van der Waals surface area contributed by atoms with Crippen molar-refractivity contribution in [3.05, 3.63) is 41.3 Å². The molecule has 2 rings (SSSR count). The number of hydrogen-bond acceptors (Lipinski definition) is 5. The predicted octanol–water partition coefficient (Wildman–Crippen LogP) is 2.63. The van der Waals surface area contributed by atoms with Gasteiger partial charge in [-0.15, -0.1) is 0 Å². The molecule has 0 aliphatic heterocycles. The van der Waals surface area contributed by atoms with Gasteiger partial charge in [-0.3, -0.25) is 0 Å². The van der Waals surface area contributed by atoms with Crippen LogP contribution in [0.3, 0.4) is 0 Å². The molecule has 0 atom stereocenters. The minimum atomic E-state index is 0.473. The Morgan fingerprint density at radius 1 is 1.25 bits per heavy atom. The summed E-state index contributed by atoms with van der Waals surface area (Å²) in [4.78, 5) is 0. The fourth-order valence-corrected chi connectivity index (χ4v) is 1.87. The molecule has 1 aromatic heterocycles. The number of aryl methyl sites for hydroxylation is 2. The number of rotatable bonds is 7. The minimum absolute atomic E-state index is 0.473. The molecule has 0 amide bonds. The van der Waals surface area contributed by atoms with Crippen molar-refractivity contribution >= 4 is 5.69 Å². The van der Waals surface area contributed by atoms with Crippen molar-refractivity contribution in [2.75, 3.05) is 18.4 Å². The zero-order valence-electron chi connectivity index (χ0n) is 12.0. The maximum atomic E-state index is 5.74. The van der Waals surface area contributed by atoms with Crippen LogP contribution in [0.2, 0.25) is 0 Å². The Hall–Kier alpha value is -2.01. The van der Waals surface area contributed by atoms with Crippen LogP contribution in [0, 0.1) is 13.8 Å². The Kier molecular flexibility index (Phi) is 5.01. The number of nitrogens with one attached hydrogen (secondary N) is 1. The van der Waals surface area contributed by atoms with Gasteiger partial charge in [0.05, 0.1) is 11.3 Å². The summed E-state index contributed by atoms with van der Waals surface area (Å²) in [5.74, 6) is 1.64. The Labute approximate surface area is 119 Å². The van der Waals surface area contributed by atoms with Crippen LogP contribution < -0.4 is 15.8 Å². The first-order valence-corrected chi connectivity index (χ1v) is 6.79. The van der Waals surface area contributed by atoms with Crippen LogP contribution in [-0.2, 0) is 6.61 Å². The molecule has 20 heavy (non-hydrogen) atoms. The van der Waals surface area contributed by atoms with Gasteiger partial charge in [0.25, 0.3) is 0 Å². The lowest BCUT2D eigenvalue weighted by molar-refractivity contribution is 0.302. The van der Waals surface area contributed by atoms with Crippen molar-refractivity contribution < 1.29 is 9.26 Å². The Bertz CT molecular complexity index is 515. The Morgan fingerprint density at radius 2 is 2.00 bits per heavy atom. The molecule has 0 aliphatic carbocycles. The van der Waals surface area contributed by atoms with Crippen molar-refractivity contribution in [3.63, 3.8) is 0 Å². The van der Waals surface area contributed by atoms with E-state index in [-0.39, 0.29) is 0 Å². The Balaban J connectivity index is 1.88. The van der Waals surface area contributed by atoms with Gasteiger partial charge < -0.3 is 20.3 Å². The summed E-state index contributed by atoms with van der Waals surface area (Å²) in [6, 6.07) is 7.89. The molecular formula is C15H21N3O2. The highest BCUT2D eigenvalue weighted by Crippen LogP contribution is 2.19. The molecule has 3 N–H and O–H groups in total. The smallest absolute Gasteiger partial charge is 0.140 e. The first-order chi connectivity index (χ1) is 9.70. The maximum Gasteiger partial charge on any atom is 0.140 e. The van der Waals surface area contributed by atoms with Gasteiger partial charge in [-0.1, -0.05) is 5.16 Å². The van der Waals surface area contributed by atoms with Crippen LogP contribution in [0.25, 0.3) is 0 Å². The van der Waals surface area contributed by atoms with Crippen LogP contribution in [0.5, 0.6) is 5.75 Å². The number of ether oxygens (including phenoxy) is 1. The van der Waals surface area contributed by atoms with Crippen molar-refractivity contribution in [3.8, 4) is 5.75 Å². The summed E-state index contributed by atoms with van der Waals surface area (Å²) < 4.78 is 10.9. The highest BCUT2D eigenvalue weighted by atomic mass is 16.5. The molecule has 108 valence electrons. The van der Waals surface area contributed by atoms with Crippen LogP contribution in [0.15, 0.2) is 28.8 Å². The third kappa shape index (κ3) is 3.74. The van der Waals surface area contributed by atoms with E-state index in [1.807, 2.05) is 38.1 Å². The number of benzene rings is 1. The molecule has 0 fully saturated rings. The molecule has 2 aromatic rings. The molecule has 0 aliphatic rings. The first kappa shape index (κ1) is 14.4. The normalized spacial score (nSPS) is 10.6. The van der Waals surface area contributed by atoms with Gasteiger partial charge >= 0.3 is 0 Å². The number of hydrogen-bond donors (Lipinski definition) is 2. The monoisotopic (exact) mass is 275 g/mol. The van der Waals surface area contributed by atoms with Gasteiger partial charge in [0, 0.05) is 12.2 Å². The zero-order valence-corrected chi connectivity index (χ0v) is 12.0. The summed E-state index contributed by atoms with van der Waals surface area (Å²) in [5.41, 5.74) is 8.41. The Morgan fingerprint density at radius 3 is 2.60 bits per heavy atom. The summed E-state index contributed by atoms with van der Waals surface area (Å²) >= 11 is 0. The van der Waals surface area contributed by atoms with E-state index in [0.29, 0.717) is 13.2 Å². The molecule has 0 saturated carbocycles. The molecule has 0 bridgehead atoms. The number of nitrogens with two attached hydrogens (primary N) is 1. The fraction of sp³-hybridized carbons (Fsp3) is 0.400. The molecule has 0 saturated heterocycles. The minimum Gasteiger partial charge on any atom is -0.489 e. The van der Waals surface area contributed by atoms with Crippen LogP contribution >= 0.6 is 0 Å². The molecule has 5 heteroatoms. The van der Waals surface area contributed by atoms with Gasteiger partial charge in [0.15, 0.2) is 0 Å². The SMILES string of the molecule is Cc1noc(C)c1COc1ccc(NCCCN)cc1. The topological polar surface area (TPSA) is 73.3 Å². The zero-order chi connectivity index (χ0) is 14.4. The highest BCUT2D eigenvalue weighted by Gasteiger charge is 2.09. The third-order valence-corrected chi connectivity index (χ3v) is 3.13. The van der Waals surface area contributed by atoms with E-state index in [4.69, 9.17) is 15.0 Å². The lowest BCUT2D eigenvalue weighted by Crippen LogP contribution is -2.08. The van der Waals surface area contributed by atoms with Gasteiger partial charge in [-0.25, -0.2) is 0 Å². The van der Waals surface area contributed by atoms with Gasteiger partial charge in [0.1, 0.15) is 18.1 Å². The van der Waals surface area contributed by atoms with E-state index in [2.05, 4.69) is 10.5 Å². The second kappa shape index (κ2) is 6.96. The van der Waals surface area contributed by atoms with Crippen molar-refractivity contribution in [1.82, 2.24) is 5.16 Å². The van der Waals surface area contributed by atoms with Crippen molar-refractivity contribution in [1.29, 1.82) is 0 Å². The van der Waals surface area contributed by atoms with E-state index in [9.17, 15) is 0 Å². The van der Waals surface area contributed by atoms with Gasteiger partial charge in [-0.2, -0.15) is 0 Å². The van der Waals surface area contributed by atoms with Crippen molar-refractivity contribution in [2.45, 2.75) is 26.9 Å². The molecule has 1 heterocycles. The van der Waals surface area contributed by atoms with Crippen LogP contribution in [0.4, 0.5) is 5.69 Å². The quantitative estimate of drug-likeness (QED) is 0.760. The molecule has 5 nitrogen and oxygen atoms in total. The molecule has 0 spiro atoms. The van der Waals surface area contributed by atoms with Crippen LogP contribution in [-0.4, -0.2) is 18.2 Å². The lowest BCUT2D eigenvalue weighted by Gasteiger charge is -2.08. The largest absolute Gasteiger partial charge is 0.489 e. The molecule has 1 aromatic carbocycles. The van der Waals surface area contributed by atoms with E-state index in [0.717, 1.165) is 41.4 Å². The average molecular weight is 275 g/mol. The maximum absolute atomic E-state index is 5.74. The van der Waals surface area contributed by atoms with Gasteiger partial charge in [-0.05, 0) is 51.1 Å². The summed E-state index contributed by atoms with van der Waals surface area (Å²) in [5, 5.41) is 7.21. The highest BCUT2D eigenvalue weighted by molar-refractivity contribution is 5.46. The van der Waals surface area contributed by atoms with E-state index < -0.39 is 0 Å². The molecule has 0 radical (unpaired) electrons. The molecule has 0 unspecified atom stereocenters. The second-order valence-electron chi connectivity index (χ2n) is 4.68. The van der Waals surface area contributed by atoms with Gasteiger partial charge in [0.2, 0.25) is 0 Å². The predicted molar refractivity (Wildman–Crippen MR) is 78.9 cm³/mol. The third-order valence-electron chi connectivity index (χ3n) is 3.13. The van der Waals surface area contributed by atoms with Crippen LogP contribution in [0.1, 0.15) is 23.4 Å². The summed E-state index contributed by atoms with van der Waals surface area (Å²) in [7, 11) is 0.